The van der Waals surface area contributed by atoms with Crippen molar-refractivity contribution in [2.45, 2.75) is 99.4 Å². The number of phenols is 4. The summed E-state index contributed by atoms with van der Waals surface area (Å²) in [6.07, 6.45) is -20.0. The standard InChI is InChI=1S/C34H44O19/c1-14-24(41)26(43)28(45)34(50-14)53-31-29(46)33(47-9-8-16-3-6-18(36)20(38)11-16)51-22(13-49-32-27(44)25(42)21(39)12-48-32)30(31)52-23(40)7-4-15-2-5-17(35)19(37)10-15/h2-7,10-11,14,21-22,24-39,41-46H,8-9,12-13H2,1H3/b7-4+/t14-,21+,22+,24-,25-,26+,27+,28+,29+,30+,31+,32+,33+,34-/m0/s1. The maximum absolute atomic E-state index is 13.2. The molecule has 53 heavy (non-hydrogen) atoms. The van der Waals surface area contributed by atoms with Gasteiger partial charge in [0.05, 0.1) is 25.9 Å². The van der Waals surface area contributed by atoms with E-state index >= 15 is 0 Å². The molecule has 3 saturated heterocycles. The Morgan fingerprint density at radius 2 is 1.42 bits per heavy atom. The van der Waals surface area contributed by atoms with Crippen LogP contribution >= 0.6 is 0 Å². The molecule has 0 bridgehead atoms. The van der Waals surface area contributed by atoms with Gasteiger partial charge < -0.3 is 89.3 Å². The fraction of sp³-hybridized carbons (Fsp3) is 0.559. The average molecular weight is 757 g/mol. The van der Waals surface area contributed by atoms with Crippen LogP contribution in [0.15, 0.2) is 42.5 Å². The van der Waals surface area contributed by atoms with Crippen molar-refractivity contribution in [2.24, 2.45) is 0 Å². The topological polar surface area (TPSA) is 304 Å². The largest absolute Gasteiger partial charge is 0.504 e. The van der Waals surface area contributed by atoms with Crippen LogP contribution in [0, 0.1) is 0 Å². The van der Waals surface area contributed by atoms with E-state index in [1.807, 2.05) is 0 Å². The van der Waals surface area contributed by atoms with Crippen LogP contribution in [0.25, 0.3) is 6.08 Å². The quantitative estimate of drug-likeness (QED) is 0.0603. The molecule has 0 aliphatic carbocycles. The second-order valence-corrected chi connectivity index (χ2v) is 12.8. The predicted molar refractivity (Wildman–Crippen MR) is 174 cm³/mol. The van der Waals surface area contributed by atoms with E-state index in [0.29, 0.717) is 5.56 Å². The van der Waals surface area contributed by atoms with Gasteiger partial charge in [-0.2, -0.15) is 0 Å². The summed E-state index contributed by atoms with van der Waals surface area (Å²) < 4.78 is 40.1. The average Bonchev–Trinajstić information content (AvgIpc) is 3.13. The van der Waals surface area contributed by atoms with Crippen LogP contribution in [0.5, 0.6) is 23.0 Å². The molecule has 14 atom stereocenters. The van der Waals surface area contributed by atoms with Gasteiger partial charge in [-0.05, 0) is 54.8 Å². The number of hydrogen-bond acceptors (Lipinski definition) is 19. The molecule has 294 valence electrons. The molecule has 0 aromatic heterocycles. The minimum absolute atomic E-state index is 0.136. The van der Waals surface area contributed by atoms with Crippen LogP contribution < -0.4 is 0 Å². The first-order chi connectivity index (χ1) is 25.1. The van der Waals surface area contributed by atoms with Crippen LogP contribution in [0.2, 0.25) is 0 Å². The predicted octanol–water partition coefficient (Wildman–Crippen LogP) is -2.55. The highest BCUT2D eigenvalue weighted by Crippen LogP contribution is 2.33. The molecule has 2 aromatic carbocycles. The van der Waals surface area contributed by atoms with Crippen molar-refractivity contribution in [1.82, 2.24) is 0 Å². The van der Waals surface area contributed by atoms with Crippen molar-refractivity contribution in [3.05, 3.63) is 53.6 Å². The van der Waals surface area contributed by atoms with Gasteiger partial charge in [0.25, 0.3) is 0 Å². The third-order valence-electron chi connectivity index (χ3n) is 8.97. The van der Waals surface area contributed by atoms with Crippen molar-refractivity contribution in [2.75, 3.05) is 19.8 Å². The third-order valence-corrected chi connectivity index (χ3v) is 8.97. The minimum atomic E-state index is -1.86. The SMILES string of the molecule is C[C@@H]1O[C@@H](O[C@@H]2[C@@H](O)[C@H](OCCc3ccc(O)c(O)c3)O[C@H](CO[C@H]3OC[C@@H](O)[C@H](O)[C@H]3O)[C@H]2OC(=O)/C=C/c2ccc(O)c(O)c2)[C@H](O)[C@H](O)[C@H]1O. The zero-order valence-electron chi connectivity index (χ0n) is 28.2. The molecule has 0 saturated carbocycles. The van der Waals surface area contributed by atoms with E-state index in [1.54, 1.807) is 0 Å². The summed E-state index contributed by atoms with van der Waals surface area (Å²) in [7, 11) is 0. The van der Waals surface area contributed by atoms with Gasteiger partial charge in [-0.3, -0.25) is 0 Å². The van der Waals surface area contributed by atoms with Gasteiger partial charge >= 0.3 is 5.97 Å². The lowest BCUT2D eigenvalue weighted by atomic mass is 9.96. The van der Waals surface area contributed by atoms with Crippen molar-refractivity contribution in [1.29, 1.82) is 0 Å². The molecule has 5 rings (SSSR count). The molecule has 11 N–H and O–H groups in total. The van der Waals surface area contributed by atoms with E-state index in [1.165, 1.54) is 49.4 Å². The molecule has 0 radical (unpaired) electrons. The van der Waals surface area contributed by atoms with E-state index in [4.69, 9.17) is 33.2 Å². The summed E-state index contributed by atoms with van der Waals surface area (Å²) in [6.45, 7) is 0.237. The van der Waals surface area contributed by atoms with Gasteiger partial charge in [0.2, 0.25) is 0 Å². The Hall–Kier alpha value is -3.67. The molecule has 19 heteroatoms. The lowest BCUT2D eigenvalue weighted by Gasteiger charge is -2.47. The number of aromatic hydroxyl groups is 4. The second kappa shape index (κ2) is 17.6. The summed E-state index contributed by atoms with van der Waals surface area (Å²) >= 11 is 0. The van der Waals surface area contributed by atoms with E-state index in [9.17, 15) is 61.0 Å². The molecule has 19 nitrogen and oxygen atoms in total. The van der Waals surface area contributed by atoms with E-state index in [2.05, 4.69) is 0 Å². The Labute approximate surface area is 302 Å². The summed E-state index contributed by atoms with van der Waals surface area (Å²) in [5, 5.41) is 112. The Balaban J connectivity index is 1.42. The van der Waals surface area contributed by atoms with Gasteiger partial charge in [0.15, 0.2) is 48.0 Å². The summed E-state index contributed by atoms with van der Waals surface area (Å²) in [6, 6.07) is 7.83. The molecule has 0 spiro atoms. The van der Waals surface area contributed by atoms with Crippen molar-refractivity contribution in [3.8, 4) is 23.0 Å². The van der Waals surface area contributed by atoms with Gasteiger partial charge in [0.1, 0.15) is 54.9 Å². The zero-order chi connectivity index (χ0) is 38.6. The first-order valence-corrected chi connectivity index (χ1v) is 16.6. The highest BCUT2D eigenvalue weighted by atomic mass is 16.8. The number of aliphatic hydroxyl groups excluding tert-OH is 7. The van der Waals surface area contributed by atoms with Gasteiger partial charge in [-0.1, -0.05) is 12.1 Å². The highest BCUT2D eigenvalue weighted by Gasteiger charge is 2.53. The molecule has 0 unspecified atom stereocenters. The fourth-order valence-electron chi connectivity index (χ4n) is 5.86. The Kier molecular flexibility index (Phi) is 13.5. The van der Waals surface area contributed by atoms with E-state index < -0.39 is 117 Å². The first-order valence-electron chi connectivity index (χ1n) is 16.6. The Morgan fingerprint density at radius 3 is 2.11 bits per heavy atom. The second-order valence-electron chi connectivity index (χ2n) is 12.8. The molecule has 3 fully saturated rings. The summed E-state index contributed by atoms with van der Waals surface area (Å²) in [4.78, 5) is 13.2. The lowest BCUT2D eigenvalue weighted by molar-refractivity contribution is -0.362. The Morgan fingerprint density at radius 1 is 0.736 bits per heavy atom. The zero-order valence-corrected chi connectivity index (χ0v) is 28.2. The Bertz CT molecular complexity index is 1560. The van der Waals surface area contributed by atoms with Crippen LogP contribution in [0.3, 0.4) is 0 Å². The number of esters is 1. The number of ether oxygens (including phenoxy) is 7. The first kappa shape index (κ1) is 40.5. The molecule has 0 amide bonds. The normalized spacial score (nSPS) is 36.4. The smallest absolute Gasteiger partial charge is 0.331 e. The molecular weight excluding hydrogens is 712 g/mol. The maximum atomic E-state index is 13.2. The van der Waals surface area contributed by atoms with Crippen LogP contribution in [0.4, 0.5) is 0 Å². The number of benzene rings is 2. The van der Waals surface area contributed by atoms with Crippen molar-refractivity contribution in [3.63, 3.8) is 0 Å². The summed E-state index contributed by atoms with van der Waals surface area (Å²) in [5.41, 5.74) is 0.813. The highest BCUT2D eigenvalue weighted by molar-refractivity contribution is 5.87. The van der Waals surface area contributed by atoms with Crippen LogP contribution in [-0.4, -0.2) is 168 Å². The molecule has 3 heterocycles. The third kappa shape index (κ3) is 9.72. The van der Waals surface area contributed by atoms with Crippen LogP contribution in [-0.2, 0) is 44.4 Å². The minimum Gasteiger partial charge on any atom is -0.504 e. The number of carbonyl (C=O) groups is 1. The van der Waals surface area contributed by atoms with Gasteiger partial charge in [-0.15, -0.1) is 0 Å². The number of carbonyl (C=O) groups excluding carboxylic acids is 1. The number of aliphatic hydroxyl groups is 7. The lowest BCUT2D eigenvalue weighted by Crippen LogP contribution is -2.65. The molecular formula is C34H44O19. The molecule has 3 aliphatic heterocycles. The van der Waals surface area contributed by atoms with Crippen molar-refractivity contribution < 1.29 is 94.1 Å². The number of hydrogen-bond donors (Lipinski definition) is 11. The van der Waals surface area contributed by atoms with E-state index in [0.717, 1.165) is 6.08 Å². The molecule has 3 aliphatic rings. The van der Waals surface area contributed by atoms with E-state index in [-0.39, 0.29) is 30.1 Å². The fourth-order valence-corrected chi connectivity index (χ4v) is 5.86. The van der Waals surface area contributed by atoms with Crippen LogP contribution in [0.1, 0.15) is 18.1 Å². The number of rotatable bonds is 12. The summed E-state index contributed by atoms with van der Waals surface area (Å²) in [5.74, 6) is -2.62. The maximum Gasteiger partial charge on any atom is 0.331 e. The monoisotopic (exact) mass is 756 g/mol. The van der Waals surface area contributed by atoms with Gasteiger partial charge in [-0.25, -0.2) is 4.79 Å². The van der Waals surface area contributed by atoms with Gasteiger partial charge in [0, 0.05) is 6.08 Å². The number of phenolic OH excluding ortho intramolecular Hbond substituents is 4. The van der Waals surface area contributed by atoms with Crippen molar-refractivity contribution >= 4 is 12.0 Å². The molecule has 2 aromatic rings.